The van der Waals surface area contributed by atoms with Crippen LogP contribution in [0, 0.1) is 11.7 Å². The molecule has 0 saturated carbocycles. The molecule has 1 aliphatic rings. The maximum Gasteiger partial charge on any atom is 0.133 e. The third-order valence-corrected chi connectivity index (χ3v) is 3.37. The maximum atomic E-state index is 14.1. The average Bonchev–Trinajstić information content (AvgIpc) is 2.68. The Labute approximate surface area is 101 Å². The van der Waals surface area contributed by atoms with E-state index in [0.29, 0.717) is 5.92 Å². The van der Waals surface area contributed by atoms with Crippen LogP contribution in [0.15, 0.2) is 18.2 Å². The molecule has 1 N–H and O–H groups in total. The minimum Gasteiger partial charge on any atom is -0.316 e. The summed E-state index contributed by atoms with van der Waals surface area (Å²) >= 11 is 0. The van der Waals surface area contributed by atoms with E-state index < -0.39 is 11.5 Å². The first-order valence-electron chi connectivity index (χ1n) is 6.16. The monoisotopic (exact) mass is 239 g/mol. The fraction of sp³-hybridized carbons (Fsp3) is 0.571. The molecule has 94 valence electrons. The third-order valence-electron chi connectivity index (χ3n) is 3.37. The van der Waals surface area contributed by atoms with E-state index in [0.717, 1.165) is 31.5 Å². The first-order valence-corrected chi connectivity index (χ1v) is 6.16. The van der Waals surface area contributed by atoms with Gasteiger partial charge in [-0.25, -0.2) is 8.78 Å². The van der Waals surface area contributed by atoms with Gasteiger partial charge in [-0.1, -0.05) is 12.1 Å². The van der Waals surface area contributed by atoms with Crippen molar-refractivity contribution in [3.8, 4) is 0 Å². The highest BCUT2D eigenvalue weighted by Crippen LogP contribution is 2.32. The van der Waals surface area contributed by atoms with Crippen LogP contribution >= 0.6 is 0 Å². The lowest BCUT2D eigenvalue weighted by Crippen LogP contribution is -2.18. The largest absolute Gasteiger partial charge is 0.316 e. The molecular formula is C14H19F2N. The zero-order valence-corrected chi connectivity index (χ0v) is 10.4. The predicted molar refractivity (Wildman–Crippen MR) is 65.2 cm³/mol. The fourth-order valence-corrected chi connectivity index (χ4v) is 2.60. The summed E-state index contributed by atoms with van der Waals surface area (Å²) in [5, 5.41) is 3.28. The molecule has 0 bridgehead atoms. The van der Waals surface area contributed by atoms with Crippen LogP contribution in [-0.2, 0) is 12.1 Å². The van der Waals surface area contributed by atoms with Crippen LogP contribution in [-0.4, -0.2) is 13.1 Å². The molecule has 0 amide bonds. The molecule has 0 spiro atoms. The van der Waals surface area contributed by atoms with Crippen LogP contribution < -0.4 is 5.32 Å². The highest BCUT2D eigenvalue weighted by Gasteiger charge is 2.27. The Bertz CT molecular complexity index is 390. The van der Waals surface area contributed by atoms with E-state index in [1.54, 1.807) is 6.07 Å². The summed E-state index contributed by atoms with van der Waals surface area (Å²) in [6, 6.07) is 4.85. The van der Waals surface area contributed by atoms with Gasteiger partial charge in [-0.3, -0.25) is 0 Å². The normalized spacial score (nSPS) is 20.8. The minimum atomic E-state index is -1.62. The lowest BCUT2D eigenvalue weighted by atomic mass is 9.88. The average molecular weight is 239 g/mol. The summed E-state index contributed by atoms with van der Waals surface area (Å²) in [4.78, 5) is 0. The molecule has 0 aromatic heterocycles. The fourth-order valence-electron chi connectivity index (χ4n) is 2.60. The Hall–Kier alpha value is -0.960. The van der Waals surface area contributed by atoms with Crippen molar-refractivity contribution in [2.24, 2.45) is 5.92 Å². The Morgan fingerprint density at radius 1 is 1.41 bits per heavy atom. The molecule has 1 unspecified atom stereocenters. The van der Waals surface area contributed by atoms with Gasteiger partial charge in [0.1, 0.15) is 11.5 Å². The summed E-state index contributed by atoms with van der Waals surface area (Å²) in [6.45, 7) is 4.79. The standard InChI is InChI=1S/C14H19F2N/c1-14(2,16)13-11(4-3-5-12(13)15)8-10-6-7-17-9-10/h3-5,10,17H,6-9H2,1-2H3. The van der Waals surface area contributed by atoms with Gasteiger partial charge in [-0.05, 0) is 57.3 Å². The van der Waals surface area contributed by atoms with Gasteiger partial charge in [0.2, 0.25) is 0 Å². The van der Waals surface area contributed by atoms with Gasteiger partial charge < -0.3 is 5.32 Å². The Morgan fingerprint density at radius 3 is 2.76 bits per heavy atom. The number of hydrogen-bond acceptors (Lipinski definition) is 1. The zero-order chi connectivity index (χ0) is 12.5. The molecule has 1 atom stereocenters. The summed E-state index contributed by atoms with van der Waals surface area (Å²) in [5.41, 5.74) is -0.578. The molecule has 1 aromatic rings. The van der Waals surface area contributed by atoms with Crippen molar-refractivity contribution in [2.45, 2.75) is 32.4 Å². The van der Waals surface area contributed by atoms with Crippen molar-refractivity contribution >= 4 is 0 Å². The molecule has 1 heterocycles. The second-order valence-electron chi connectivity index (χ2n) is 5.31. The van der Waals surface area contributed by atoms with Crippen LogP contribution in [0.3, 0.4) is 0 Å². The molecule has 0 aliphatic carbocycles. The Morgan fingerprint density at radius 2 is 2.18 bits per heavy atom. The lowest BCUT2D eigenvalue weighted by Gasteiger charge is -2.21. The van der Waals surface area contributed by atoms with Crippen molar-refractivity contribution in [2.75, 3.05) is 13.1 Å². The molecule has 2 rings (SSSR count). The van der Waals surface area contributed by atoms with Crippen LogP contribution in [0.2, 0.25) is 0 Å². The molecule has 0 radical (unpaired) electrons. The summed E-state index contributed by atoms with van der Waals surface area (Å²) in [7, 11) is 0. The highest BCUT2D eigenvalue weighted by atomic mass is 19.1. The summed E-state index contributed by atoms with van der Waals surface area (Å²) < 4.78 is 27.8. The van der Waals surface area contributed by atoms with Gasteiger partial charge in [0.05, 0.1) is 0 Å². The zero-order valence-electron chi connectivity index (χ0n) is 10.4. The lowest BCUT2D eigenvalue weighted by molar-refractivity contribution is 0.211. The number of halogens is 2. The number of nitrogens with one attached hydrogen (secondary N) is 1. The van der Waals surface area contributed by atoms with Crippen molar-refractivity contribution in [1.82, 2.24) is 5.32 Å². The van der Waals surface area contributed by atoms with Crippen molar-refractivity contribution in [3.63, 3.8) is 0 Å². The van der Waals surface area contributed by atoms with Crippen molar-refractivity contribution in [3.05, 3.63) is 35.1 Å². The molecule has 3 heteroatoms. The van der Waals surface area contributed by atoms with E-state index >= 15 is 0 Å². The molecule has 1 aromatic carbocycles. The third kappa shape index (κ3) is 2.83. The maximum absolute atomic E-state index is 14.1. The van der Waals surface area contributed by atoms with Gasteiger partial charge in [0.25, 0.3) is 0 Å². The minimum absolute atomic E-state index is 0.229. The van der Waals surface area contributed by atoms with Gasteiger partial charge in [0.15, 0.2) is 0 Å². The van der Waals surface area contributed by atoms with Crippen LogP contribution in [0.25, 0.3) is 0 Å². The van der Waals surface area contributed by atoms with Gasteiger partial charge in [-0.15, -0.1) is 0 Å². The Kier molecular flexibility index (Phi) is 3.48. The molecular weight excluding hydrogens is 220 g/mol. The number of alkyl halides is 1. The molecule has 1 saturated heterocycles. The predicted octanol–water partition coefficient (Wildman–Crippen LogP) is 3.18. The number of benzene rings is 1. The van der Waals surface area contributed by atoms with E-state index in [-0.39, 0.29) is 5.56 Å². The molecule has 17 heavy (non-hydrogen) atoms. The molecule has 1 nitrogen and oxygen atoms in total. The van der Waals surface area contributed by atoms with Crippen molar-refractivity contribution < 1.29 is 8.78 Å². The van der Waals surface area contributed by atoms with E-state index in [1.807, 2.05) is 6.07 Å². The summed E-state index contributed by atoms with van der Waals surface area (Å²) in [6.07, 6.45) is 1.84. The van der Waals surface area contributed by atoms with Gasteiger partial charge in [-0.2, -0.15) is 0 Å². The second kappa shape index (κ2) is 4.73. The molecule has 1 fully saturated rings. The van der Waals surface area contributed by atoms with Crippen molar-refractivity contribution in [1.29, 1.82) is 0 Å². The number of rotatable bonds is 3. The first kappa shape index (κ1) is 12.5. The van der Waals surface area contributed by atoms with Gasteiger partial charge >= 0.3 is 0 Å². The number of hydrogen-bond donors (Lipinski definition) is 1. The van der Waals surface area contributed by atoms with Crippen LogP contribution in [0.4, 0.5) is 8.78 Å². The summed E-state index contributed by atoms with van der Waals surface area (Å²) in [5.74, 6) is 0.0684. The van der Waals surface area contributed by atoms with Crippen LogP contribution in [0.5, 0.6) is 0 Å². The Balaban J connectivity index is 2.29. The smallest absolute Gasteiger partial charge is 0.133 e. The first-order chi connectivity index (χ1) is 7.98. The van der Waals surface area contributed by atoms with Crippen LogP contribution in [0.1, 0.15) is 31.4 Å². The highest BCUT2D eigenvalue weighted by molar-refractivity contribution is 5.33. The van der Waals surface area contributed by atoms with Gasteiger partial charge in [0, 0.05) is 5.56 Å². The molecule has 1 aliphatic heterocycles. The van der Waals surface area contributed by atoms with E-state index in [2.05, 4.69) is 5.32 Å². The quantitative estimate of drug-likeness (QED) is 0.854. The van der Waals surface area contributed by atoms with E-state index in [4.69, 9.17) is 0 Å². The topological polar surface area (TPSA) is 12.0 Å². The van der Waals surface area contributed by atoms with E-state index in [1.165, 1.54) is 19.9 Å². The second-order valence-corrected chi connectivity index (χ2v) is 5.31. The van der Waals surface area contributed by atoms with E-state index in [9.17, 15) is 8.78 Å². The SMILES string of the molecule is CC(C)(F)c1c(F)cccc1CC1CCNC1.